The average Bonchev–Trinajstić information content (AvgIpc) is 2.73. The fourth-order valence-corrected chi connectivity index (χ4v) is 2.78. The van der Waals surface area contributed by atoms with Gasteiger partial charge in [0.25, 0.3) is 0 Å². The molecule has 0 aliphatic carbocycles. The highest BCUT2D eigenvalue weighted by molar-refractivity contribution is 7.15. The lowest BCUT2D eigenvalue weighted by molar-refractivity contribution is 0.0699. The zero-order valence-electron chi connectivity index (χ0n) is 9.03. The van der Waals surface area contributed by atoms with Gasteiger partial charge in [0.2, 0.25) is 0 Å². The summed E-state index contributed by atoms with van der Waals surface area (Å²) in [6.07, 6.45) is 0. The predicted molar refractivity (Wildman–Crippen MR) is 71.3 cm³/mol. The number of halogens is 1. The second-order valence-electron chi connectivity index (χ2n) is 3.39. The summed E-state index contributed by atoms with van der Waals surface area (Å²) in [6, 6.07) is 7.22. The van der Waals surface area contributed by atoms with E-state index in [0.717, 1.165) is 5.56 Å². The van der Waals surface area contributed by atoms with Gasteiger partial charge in [-0.3, -0.25) is 0 Å². The molecule has 2 rings (SSSR count). The molecule has 88 valence electrons. The maximum atomic E-state index is 11.3. The van der Waals surface area contributed by atoms with Crippen LogP contribution in [0.25, 0.3) is 11.1 Å². The van der Waals surface area contributed by atoms with Gasteiger partial charge in [-0.25, -0.2) is 4.79 Å². The van der Waals surface area contributed by atoms with E-state index in [-0.39, 0.29) is 5.56 Å². The predicted octanol–water partition coefficient (Wildman–Crippen LogP) is 3.81. The SMILES string of the molecule is CNc1scc(-c2ccccc2Cl)c1C(=O)O. The zero-order valence-corrected chi connectivity index (χ0v) is 10.6. The Morgan fingerprint density at radius 1 is 1.35 bits per heavy atom. The topological polar surface area (TPSA) is 49.3 Å². The number of carboxylic acid groups (broad SMARTS) is 1. The van der Waals surface area contributed by atoms with Crippen LogP contribution in [0, 0.1) is 0 Å². The highest BCUT2D eigenvalue weighted by Crippen LogP contribution is 2.38. The Morgan fingerprint density at radius 2 is 2.06 bits per heavy atom. The molecule has 0 aliphatic heterocycles. The van der Waals surface area contributed by atoms with Crippen molar-refractivity contribution < 1.29 is 9.90 Å². The Morgan fingerprint density at radius 3 is 2.65 bits per heavy atom. The fraction of sp³-hybridized carbons (Fsp3) is 0.0833. The van der Waals surface area contributed by atoms with Crippen LogP contribution in [0.1, 0.15) is 10.4 Å². The van der Waals surface area contributed by atoms with Crippen LogP contribution in [0.3, 0.4) is 0 Å². The first-order valence-electron chi connectivity index (χ1n) is 4.92. The normalized spacial score (nSPS) is 10.2. The Kier molecular flexibility index (Phi) is 3.36. The first kappa shape index (κ1) is 12.0. The molecule has 0 bridgehead atoms. The molecule has 2 N–H and O–H groups in total. The summed E-state index contributed by atoms with van der Waals surface area (Å²) in [5, 5.41) is 15.1. The van der Waals surface area contributed by atoms with Gasteiger partial charge in [-0.15, -0.1) is 11.3 Å². The van der Waals surface area contributed by atoms with Crippen LogP contribution in [-0.2, 0) is 0 Å². The Bertz CT molecular complexity index is 565. The van der Waals surface area contributed by atoms with Crippen LogP contribution in [0.2, 0.25) is 5.02 Å². The molecule has 0 radical (unpaired) electrons. The summed E-state index contributed by atoms with van der Waals surface area (Å²) in [4.78, 5) is 11.3. The van der Waals surface area contributed by atoms with E-state index in [9.17, 15) is 9.90 Å². The lowest BCUT2D eigenvalue weighted by Gasteiger charge is -2.04. The van der Waals surface area contributed by atoms with Crippen molar-refractivity contribution in [3.8, 4) is 11.1 Å². The molecule has 0 fully saturated rings. The van der Waals surface area contributed by atoms with Gasteiger partial charge < -0.3 is 10.4 Å². The van der Waals surface area contributed by atoms with E-state index in [1.165, 1.54) is 11.3 Å². The highest BCUT2D eigenvalue weighted by Gasteiger charge is 2.19. The van der Waals surface area contributed by atoms with Gasteiger partial charge in [0.1, 0.15) is 10.6 Å². The summed E-state index contributed by atoms with van der Waals surface area (Å²) in [7, 11) is 1.70. The molecule has 17 heavy (non-hydrogen) atoms. The number of rotatable bonds is 3. The number of hydrogen-bond donors (Lipinski definition) is 2. The van der Waals surface area contributed by atoms with Crippen molar-refractivity contribution in [2.75, 3.05) is 12.4 Å². The number of anilines is 1. The van der Waals surface area contributed by atoms with Crippen molar-refractivity contribution in [1.82, 2.24) is 0 Å². The Labute approximate surface area is 108 Å². The number of aromatic carboxylic acids is 1. The van der Waals surface area contributed by atoms with Crippen LogP contribution in [0.5, 0.6) is 0 Å². The minimum absolute atomic E-state index is 0.269. The van der Waals surface area contributed by atoms with Crippen molar-refractivity contribution in [1.29, 1.82) is 0 Å². The molecular formula is C12H10ClNO2S. The molecule has 0 aliphatic rings. The minimum Gasteiger partial charge on any atom is -0.478 e. The van der Waals surface area contributed by atoms with E-state index >= 15 is 0 Å². The molecule has 0 unspecified atom stereocenters. The molecule has 1 heterocycles. The smallest absolute Gasteiger partial charge is 0.339 e. The second-order valence-corrected chi connectivity index (χ2v) is 4.68. The molecule has 0 amide bonds. The number of carboxylic acids is 1. The molecule has 1 aromatic carbocycles. The van der Waals surface area contributed by atoms with E-state index in [2.05, 4.69) is 5.32 Å². The number of hydrogen-bond acceptors (Lipinski definition) is 3. The van der Waals surface area contributed by atoms with E-state index in [1.54, 1.807) is 18.5 Å². The zero-order chi connectivity index (χ0) is 12.4. The van der Waals surface area contributed by atoms with Gasteiger partial charge in [-0.2, -0.15) is 0 Å². The maximum Gasteiger partial charge on any atom is 0.339 e. The van der Waals surface area contributed by atoms with Crippen molar-refractivity contribution in [2.45, 2.75) is 0 Å². The lowest BCUT2D eigenvalue weighted by atomic mass is 10.0. The van der Waals surface area contributed by atoms with E-state index in [0.29, 0.717) is 15.6 Å². The third-order valence-corrected chi connectivity index (χ3v) is 3.72. The van der Waals surface area contributed by atoms with Gasteiger partial charge >= 0.3 is 5.97 Å². The van der Waals surface area contributed by atoms with E-state index in [4.69, 9.17) is 11.6 Å². The third kappa shape index (κ3) is 2.14. The van der Waals surface area contributed by atoms with Crippen molar-refractivity contribution in [2.24, 2.45) is 0 Å². The van der Waals surface area contributed by atoms with Gasteiger partial charge in [-0.1, -0.05) is 29.8 Å². The van der Waals surface area contributed by atoms with Crippen molar-refractivity contribution in [3.63, 3.8) is 0 Å². The fourth-order valence-electron chi connectivity index (χ4n) is 1.63. The largest absolute Gasteiger partial charge is 0.478 e. The van der Waals surface area contributed by atoms with Gasteiger partial charge in [0.05, 0.1) is 0 Å². The second kappa shape index (κ2) is 4.77. The van der Waals surface area contributed by atoms with Crippen molar-refractivity contribution in [3.05, 3.63) is 40.2 Å². The van der Waals surface area contributed by atoms with Gasteiger partial charge in [0, 0.05) is 28.6 Å². The quantitative estimate of drug-likeness (QED) is 0.889. The van der Waals surface area contributed by atoms with E-state index in [1.807, 2.05) is 18.2 Å². The monoisotopic (exact) mass is 267 g/mol. The van der Waals surface area contributed by atoms with Gasteiger partial charge in [-0.05, 0) is 6.07 Å². The highest BCUT2D eigenvalue weighted by atomic mass is 35.5. The standard InChI is InChI=1S/C12H10ClNO2S/c1-14-11-10(12(15)16)8(6-17-11)7-4-2-3-5-9(7)13/h2-6,14H,1H3,(H,15,16). The molecule has 0 saturated heterocycles. The number of nitrogens with one attached hydrogen (secondary N) is 1. The molecule has 0 spiro atoms. The molecule has 3 nitrogen and oxygen atoms in total. The van der Waals surface area contributed by atoms with Crippen molar-refractivity contribution >= 4 is 33.9 Å². The molecule has 0 atom stereocenters. The third-order valence-electron chi connectivity index (χ3n) is 2.40. The molecule has 5 heteroatoms. The molecule has 0 saturated carbocycles. The molecular weight excluding hydrogens is 258 g/mol. The minimum atomic E-state index is -0.953. The van der Waals surface area contributed by atoms with E-state index < -0.39 is 5.97 Å². The van der Waals surface area contributed by atoms with Gasteiger partial charge in [0.15, 0.2) is 0 Å². The summed E-state index contributed by atoms with van der Waals surface area (Å²) in [5.74, 6) is -0.953. The van der Waals surface area contributed by atoms with Crippen LogP contribution in [-0.4, -0.2) is 18.1 Å². The Hall–Kier alpha value is -1.52. The first-order chi connectivity index (χ1) is 8.15. The van der Waals surface area contributed by atoms with Crippen LogP contribution in [0.4, 0.5) is 5.00 Å². The average molecular weight is 268 g/mol. The maximum absolute atomic E-state index is 11.3. The Balaban J connectivity index is 2.64. The summed E-state index contributed by atoms with van der Waals surface area (Å²) in [6.45, 7) is 0. The summed E-state index contributed by atoms with van der Waals surface area (Å²) in [5.41, 5.74) is 1.66. The summed E-state index contributed by atoms with van der Waals surface area (Å²) >= 11 is 7.44. The summed E-state index contributed by atoms with van der Waals surface area (Å²) < 4.78 is 0. The lowest BCUT2D eigenvalue weighted by Crippen LogP contribution is -2.01. The van der Waals surface area contributed by atoms with Crippen LogP contribution >= 0.6 is 22.9 Å². The number of carbonyl (C=O) groups is 1. The number of thiophene rings is 1. The number of benzene rings is 1. The molecule has 1 aromatic heterocycles. The van der Waals surface area contributed by atoms with Crippen LogP contribution in [0.15, 0.2) is 29.6 Å². The van der Waals surface area contributed by atoms with Crippen LogP contribution < -0.4 is 5.32 Å². The molecule has 2 aromatic rings. The first-order valence-corrected chi connectivity index (χ1v) is 6.18.